The van der Waals surface area contributed by atoms with Crippen molar-refractivity contribution in [3.8, 4) is 0 Å². The van der Waals surface area contributed by atoms with Crippen LogP contribution in [-0.2, 0) is 16.6 Å². The van der Waals surface area contributed by atoms with Gasteiger partial charge in [-0.15, -0.1) is 0 Å². The first kappa shape index (κ1) is 18.4. The Kier molecular flexibility index (Phi) is 4.86. The van der Waals surface area contributed by atoms with E-state index in [1.165, 1.54) is 4.31 Å². The highest BCUT2D eigenvalue weighted by Crippen LogP contribution is 2.39. The van der Waals surface area contributed by atoms with Crippen LogP contribution in [0.15, 0.2) is 41.3 Å². The first-order chi connectivity index (χ1) is 12.4. The summed E-state index contributed by atoms with van der Waals surface area (Å²) in [6.45, 7) is 1.54. The van der Waals surface area contributed by atoms with E-state index >= 15 is 0 Å². The predicted molar refractivity (Wildman–Crippen MR) is 106 cm³/mol. The zero-order valence-corrected chi connectivity index (χ0v) is 16.9. The van der Waals surface area contributed by atoms with Crippen molar-refractivity contribution in [2.24, 2.45) is 0 Å². The molecule has 0 bridgehead atoms. The van der Waals surface area contributed by atoms with Gasteiger partial charge in [0.05, 0.1) is 15.7 Å². The Bertz CT molecular complexity index is 965. The van der Waals surface area contributed by atoms with E-state index in [1.807, 2.05) is 6.07 Å². The van der Waals surface area contributed by atoms with Crippen LogP contribution in [-0.4, -0.2) is 31.9 Å². The fourth-order valence-corrected chi connectivity index (χ4v) is 5.99. The van der Waals surface area contributed by atoms with E-state index in [4.69, 9.17) is 34.8 Å². The smallest absolute Gasteiger partial charge is 0.245 e. The third kappa shape index (κ3) is 3.20. The molecular weight excluding hydrogens is 415 g/mol. The lowest BCUT2D eigenvalue weighted by Gasteiger charge is -2.26. The number of nitrogens with zero attached hydrogens (tertiary/aromatic N) is 2. The molecule has 0 aliphatic carbocycles. The van der Waals surface area contributed by atoms with Crippen LogP contribution in [0.4, 0.5) is 5.69 Å². The summed E-state index contributed by atoms with van der Waals surface area (Å²) < 4.78 is 28.2. The highest BCUT2D eigenvalue weighted by Gasteiger charge is 2.39. The molecule has 2 aromatic rings. The van der Waals surface area contributed by atoms with Crippen LogP contribution in [0.1, 0.15) is 18.4 Å². The van der Waals surface area contributed by atoms with Crippen molar-refractivity contribution in [2.75, 3.05) is 18.0 Å². The van der Waals surface area contributed by atoms with Crippen molar-refractivity contribution in [1.82, 2.24) is 4.31 Å². The number of anilines is 1. The van der Waals surface area contributed by atoms with Gasteiger partial charge >= 0.3 is 0 Å². The van der Waals surface area contributed by atoms with Crippen molar-refractivity contribution in [3.63, 3.8) is 0 Å². The Balaban J connectivity index is 1.78. The van der Waals surface area contributed by atoms with Crippen LogP contribution in [0.2, 0.25) is 15.1 Å². The molecule has 4 nitrogen and oxygen atoms in total. The molecule has 2 aromatic carbocycles. The Hall–Kier alpha value is -0.980. The van der Waals surface area contributed by atoms with Gasteiger partial charge in [0.15, 0.2) is 0 Å². The lowest BCUT2D eigenvalue weighted by Crippen LogP contribution is -2.39. The minimum Gasteiger partial charge on any atom is -0.366 e. The average Bonchev–Trinajstić information content (AvgIpc) is 3.02. The van der Waals surface area contributed by atoms with Crippen LogP contribution in [0.3, 0.4) is 0 Å². The van der Waals surface area contributed by atoms with Gasteiger partial charge in [0.25, 0.3) is 0 Å². The second-order valence-electron chi connectivity index (χ2n) is 6.65. The van der Waals surface area contributed by atoms with Crippen LogP contribution in [0, 0.1) is 0 Å². The zero-order chi connectivity index (χ0) is 18.5. The zero-order valence-electron chi connectivity index (χ0n) is 13.8. The SMILES string of the molecule is O=S1(=O)c2cc(Cl)ccc2N2CCC[C@@H]2CN1Cc1ccc(Cl)c(Cl)c1. The predicted octanol–water partition coefficient (Wildman–Crippen LogP) is 4.82. The highest BCUT2D eigenvalue weighted by atomic mass is 35.5. The maximum Gasteiger partial charge on any atom is 0.245 e. The molecule has 0 unspecified atom stereocenters. The summed E-state index contributed by atoms with van der Waals surface area (Å²) in [4.78, 5) is 2.47. The van der Waals surface area contributed by atoms with Gasteiger partial charge in [-0.2, -0.15) is 4.31 Å². The van der Waals surface area contributed by atoms with Crippen LogP contribution < -0.4 is 4.90 Å². The molecule has 2 heterocycles. The molecule has 0 aromatic heterocycles. The second-order valence-corrected chi connectivity index (χ2v) is 9.80. The first-order valence-corrected chi connectivity index (χ1v) is 10.9. The van der Waals surface area contributed by atoms with Gasteiger partial charge < -0.3 is 4.90 Å². The van der Waals surface area contributed by atoms with Crippen molar-refractivity contribution < 1.29 is 8.42 Å². The molecule has 26 heavy (non-hydrogen) atoms. The maximum absolute atomic E-state index is 13.3. The lowest BCUT2D eigenvalue weighted by atomic mass is 10.2. The van der Waals surface area contributed by atoms with E-state index in [9.17, 15) is 8.42 Å². The summed E-state index contributed by atoms with van der Waals surface area (Å²) in [7, 11) is -3.67. The van der Waals surface area contributed by atoms with Crippen molar-refractivity contribution in [2.45, 2.75) is 30.3 Å². The molecule has 0 N–H and O–H groups in total. The molecule has 2 aliphatic rings. The number of sulfonamides is 1. The number of hydrogen-bond acceptors (Lipinski definition) is 3. The van der Waals surface area contributed by atoms with Gasteiger partial charge in [-0.3, -0.25) is 0 Å². The van der Waals surface area contributed by atoms with E-state index in [1.54, 1.807) is 30.3 Å². The molecule has 138 valence electrons. The van der Waals surface area contributed by atoms with Crippen LogP contribution in [0.5, 0.6) is 0 Å². The number of fused-ring (bicyclic) bond motifs is 3. The fourth-order valence-electron chi connectivity index (χ4n) is 3.74. The Morgan fingerprint density at radius 2 is 1.85 bits per heavy atom. The molecule has 0 radical (unpaired) electrons. The molecule has 1 fully saturated rings. The fraction of sp³-hybridized carbons (Fsp3) is 0.333. The topological polar surface area (TPSA) is 40.6 Å². The molecule has 2 aliphatic heterocycles. The first-order valence-electron chi connectivity index (χ1n) is 8.36. The summed E-state index contributed by atoms with van der Waals surface area (Å²) in [6.07, 6.45) is 2.02. The van der Waals surface area contributed by atoms with E-state index in [2.05, 4.69) is 4.90 Å². The molecule has 0 saturated carbocycles. The molecule has 4 rings (SSSR count). The van der Waals surface area contributed by atoms with Gasteiger partial charge in [0, 0.05) is 30.7 Å². The number of benzene rings is 2. The lowest BCUT2D eigenvalue weighted by molar-refractivity contribution is 0.383. The monoisotopic (exact) mass is 430 g/mol. The second kappa shape index (κ2) is 6.88. The summed E-state index contributed by atoms with van der Waals surface area (Å²) in [5, 5.41) is 1.29. The van der Waals surface area contributed by atoms with E-state index in [-0.39, 0.29) is 17.5 Å². The van der Waals surface area contributed by atoms with Crippen molar-refractivity contribution in [1.29, 1.82) is 0 Å². The largest absolute Gasteiger partial charge is 0.366 e. The van der Waals surface area contributed by atoms with Crippen LogP contribution >= 0.6 is 34.8 Å². The Morgan fingerprint density at radius 1 is 1.04 bits per heavy atom. The third-order valence-electron chi connectivity index (χ3n) is 4.98. The van der Waals surface area contributed by atoms with Gasteiger partial charge in [-0.25, -0.2) is 8.42 Å². The highest BCUT2D eigenvalue weighted by molar-refractivity contribution is 7.89. The molecule has 0 amide bonds. The van der Waals surface area contributed by atoms with Crippen molar-refractivity contribution in [3.05, 3.63) is 57.0 Å². The normalized spacial score (nSPS) is 22.0. The standard InChI is InChI=1S/C18H17Cl3N2O2S/c19-13-4-6-17-18(9-13)26(24,25)22(11-14-2-1-7-23(14)17)10-12-3-5-15(20)16(21)8-12/h3-6,8-9,14H,1-2,7,10-11H2/t14-/m1/s1. The van der Waals surface area contributed by atoms with Gasteiger partial charge in [0.2, 0.25) is 10.0 Å². The number of hydrogen-bond donors (Lipinski definition) is 0. The molecule has 1 atom stereocenters. The maximum atomic E-state index is 13.3. The van der Waals surface area contributed by atoms with Crippen LogP contribution in [0.25, 0.3) is 0 Å². The van der Waals surface area contributed by atoms with E-state index in [0.717, 1.165) is 30.6 Å². The minimum atomic E-state index is -3.67. The van der Waals surface area contributed by atoms with Crippen molar-refractivity contribution >= 4 is 50.5 Å². The number of halogens is 3. The van der Waals surface area contributed by atoms with Gasteiger partial charge in [0.1, 0.15) is 4.90 Å². The van der Waals surface area contributed by atoms with Gasteiger partial charge in [-0.1, -0.05) is 40.9 Å². The molecular formula is C18H17Cl3N2O2S. The Labute approximate surface area is 168 Å². The van der Waals surface area contributed by atoms with E-state index < -0.39 is 10.0 Å². The molecule has 8 heteroatoms. The summed E-state index contributed by atoms with van der Waals surface area (Å²) in [6, 6.07) is 10.5. The summed E-state index contributed by atoms with van der Waals surface area (Å²) in [5.74, 6) is 0. The quantitative estimate of drug-likeness (QED) is 0.684. The molecule has 1 saturated heterocycles. The Morgan fingerprint density at radius 3 is 2.62 bits per heavy atom. The number of rotatable bonds is 2. The summed E-state index contributed by atoms with van der Waals surface area (Å²) >= 11 is 18.2. The van der Waals surface area contributed by atoms with E-state index in [0.29, 0.717) is 21.6 Å². The summed E-state index contributed by atoms with van der Waals surface area (Å²) in [5.41, 5.74) is 1.55. The molecule has 0 spiro atoms. The third-order valence-corrected chi connectivity index (χ3v) is 7.80. The average molecular weight is 432 g/mol. The minimum absolute atomic E-state index is 0.162. The van der Waals surface area contributed by atoms with Gasteiger partial charge in [-0.05, 0) is 48.7 Å².